The molecule has 10 heteroatoms. The van der Waals surface area contributed by atoms with Gasteiger partial charge in [-0.1, -0.05) is 18.5 Å². The normalized spacial score (nSPS) is 21.1. The van der Waals surface area contributed by atoms with Gasteiger partial charge in [0.2, 0.25) is 10.0 Å². The van der Waals surface area contributed by atoms with E-state index in [4.69, 9.17) is 11.6 Å². The highest BCUT2D eigenvalue weighted by molar-refractivity contribution is 7.89. The van der Waals surface area contributed by atoms with Crippen molar-refractivity contribution in [2.45, 2.75) is 24.7 Å². The molecule has 1 aromatic carbocycles. The molecule has 0 bridgehead atoms. The molecule has 7 nitrogen and oxygen atoms in total. The number of piperidine rings is 1. The third-order valence-electron chi connectivity index (χ3n) is 5.67. The fourth-order valence-corrected chi connectivity index (χ4v) is 6.79. The summed E-state index contributed by atoms with van der Waals surface area (Å²) in [5, 5.41) is 3.04. The number of amides is 1. The Morgan fingerprint density at radius 1 is 1.20 bits per heavy atom. The minimum atomic E-state index is -3.74. The summed E-state index contributed by atoms with van der Waals surface area (Å²) in [6, 6.07) is 4.56. The molecular weight excluding hydrogens is 444 g/mol. The molecule has 2 fully saturated rings. The highest BCUT2D eigenvalue weighted by Gasteiger charge is 2.31. The molecule has 30 heavy (non-hydrogen) atoms. The molecule has 0 radical (unpaired) electrons. The number of thiazole rings is 1. The fourth-order valence-electron chi connectivity index (χ4n) is 3.99. The molecule has 0 aliphatic carbocycles. The molecule has 1 atom stereocenters. The van der Waals surface area contributed by atoms with E-state index in [9.17, 15) is 13.2 Å². The van der Waals surface area contributed by atoms with Crippen molar-refractivity contribution in [3.05, 3.63) is 40.4 Å². The van der Waals surface area contributed by atoms with Crippen LogP contribution in [0.3, 0.4) is 0 Å². The standard InChI is InChI=1S/C20H25ClN4O3S2/c1-15-3-2-7-25(14-15)30(27,28)18-13-16(4-5-17(18)21)19(26)23-8-10-24(11-9-23)20-22-6-12-29-20/h4-6,12-13,15H,2-3,7-11,14H2,1H3. The lowest BCUT2D eigenvalue weighted by Gasteiger charge is -2.34. The number of carbonyl (C=O) groups is 1. The van der Waals surface area contributed by atoms with Gasteiger partial charge in [-0.3, -0.25) is 4.79 Å². The van der Waals surface area contributed by atoms with Crippen LogP contribution in [0.1, 0.15) is 30.1 Å². The van der Waals surface area contributed by atoms with Gasteiger partial charge >= 0.3 is 0 Å². The number of aromatic nitrogens is 1. The molecule has 2 aliphatic heterocycles. The molecular formula is C20H25ClN4O3S2. The number of sulfonamides is 1. The van der Waals surface area contributed by atoms with Crippen LogP contribution in [0.25, 0.3) is 0 Å². The summed E-state index contributed by atoms with van der Waals surface area (Å²) in [4.78, 5) is 21.3. The average Bonchev–Trinajstić information content (AvgIpc) is 3.28. The number of nitrogens with zero attached hydrogens (tertiary/aromatic N) is 4. The summed E-state index contributed by atoms with van der Waals surface area (Å²) in [7, 11) is -3.74. The lowest BCUT2D eigenvalue weighted by molar-refractivity contribution is 0.0746. The van der Waals surface area contributed by atoms with E-state index in [1.165, 1.54) is 16.4 Å². The van der Waals surface area contributed by atoms with E-state index >= 15 is 0 Å². The van der Waals surface area contributed by atoms with Gasteiger partial charge in [-0.15, -0.1) is 11.3 Å². The van der Waals surface area contributed by atoms with Crippen molar-refractivity contribution in [3.63, 3.8) is 0 Å². The Kier molecular flexibility index (Phi) is 6.34. The minimum Gasteiger partial charge on any atom is -0.345 e. The number of halogens is 1. The smallest absolute Gasteiger partial charge is 0.254 e. The van der Waals surface area contributed by atoms with Gasteiger partial charge in [-0.05, 0) is 37.0 Å². The quantitative estimate of drug-likeness (QED) is 0.689. The second-order valence-corrected chi connectivity index (χ2v) is 11.0. The predicted molar refractivity (Wildman–Crippen MR) is 119 cm³/mol. The van der Waals surface area contributed by atoms with E-state index in [2.05, 4.69) is 16.8 Å². The first-order valence-electron chi connectivity index (χ1n) is 10.1. The zero-order chi connectivity index (χ0) is 21.3. The van der Waals surface area contributed by atoms with Gasteiger partial charge < -0.3 is 9.80 Å². The molecule has 2 saturated heterocycles. The summed E-state index contributed by atoms with van der Waals surface area (Å²) in [5.74, 6) is 0.139. The number of hydrogen-bond donors (Lipinski definition) is 0. The second-order valence-electron chi connectivity index (χ2n) is 7.85. The summed E-state index contributed by atoms with van der Waals surface area (Å²) in [5.41, 5.74) is 0.353. The van der Waals surface area contributed by atoms with Gasteiger partial charge in [0, 0.05) is 56.4 Å². The third-order valence-corrected chi connectivity index (χ3v) is 8.85. The van der Waals surface area contributed by atoms with Crippen LogP contribution < -0.4 is 4.90 Å². The average molecular weight is 469 g/mol. The lowest BCUT2D eigenvalue weighted by Crippen LogP contribution is -2.48. The summed E-state index contributed by atoms with van der Waals surface area (Å²) in [6.07, 6.45) is 3.63. The second kappa shape index (κ2) is 8.82. The molecule has 2 aromatic rings. The Morgan fingerprint density at radius 3 is 2.63 bits per heavy atom. The van der Waals surface area contributed by atoms with Gasteiger partial charge in [-0.25, -0.2) is 13.4 Å². The maximum Gasteiger partial charge on any atom is 0.254 e. The molecule has 0 N–H and O–H groups in total. The van der Waals surface area contributed by atoms with Gasteiger partial charge in [-0.2, -0.15) is 4.31 Å². The van der Waals surface area contributed by atoms with Crippen molar-refractivity contribution >= 4 is 44.0 Å². The van der Waals surface area contributed by atoms with E-state index in [0.717, 1.165) is 18.0 Å². The summed E-state index contributed by atoms with van der Waals surface area (Å²) < 4.78 is 27.9. The molecule has 0 saturated carbocycles. The monoisotopic (exact) mass is 468 g/mol. The van der Waals surface area contributed by atoms with Gasteiger partial charge in [0.15, 0.2) is 5.13 Å². The predicted octanol–water partition coefficient (Wildman–Crippen LogP) is 3.18. The molecule has 1 aromatic heterocycles. The Morgan fingerprint density at radius 2 is 1.97 bits per heavy atom. The van der Waals surface area contributed by atoms with Crippen LogP contribution in [0.2, 0.25) is 5.02 Å². The zero-order valence-corrected chi connectivity index (χ0v) is 19.2. The molecule has 162 valence electrons. The first-order valence-corrected chi connectivity index (χ1v) is 12.8. The van der Waals surface area contributed by atoms with Crippen molar-refractivity contribution in [1.29, 1.82) is 0 Å². The van der Waals surface area contributed by atoms with Crippen molar-refractivity contribution in [2.24, 2.45) is 5.92 Å². The number of piperazine rings is 1. The maximum absolute atomic E-state index is 13.2. The molecule has 2 aliphatic rings. The fraction of sp³-hybridized carbons (Fsp3) is 0.500. The largest absolute Gasteiger partial charge is 0.345 e. The highest BCUT2D eigenvalue weighted by Crippen LogP contribution is 2.29. The van der Waals surface area contributed by atoms with Crippen LogP contribution >= 0.6 is 22.9 Å². The van der Waals surface area contributed by atoms with E-state index < -0.39 is 10.0 Å². The van der Waals surface area contributed by atoms with E-state index in [1.54, 1.807) is 28.5 Å². The van der Waals surface area contributed by atoms with E-state index in [1.807, 2.05) is 5.38 Å². The Balaban J connectivity index is 1.51. The van der Waals surface area contributed by atoms with Crippen LogP contribution in [0.4, 0.5) is 5.13 Å². The van der Waals surface area contributed by atoms with Crippen molar-refractivity contribution in [2.75, 3.05) is 44.2 Å². The van der Waals surface area contributed by atoms with Crippen LogP contribution in [0.5, 0.6) is 0 Å². The number of hydrogen-bond acceptors (Lipinski definition) is 6. The van der Waals surface area contributed by atoms with Crippen molar-refractivity contribution in [1.82, 2.24) is 14.2 Å². The first kappa shape index (κ1) is 21.5. The maximum atomic E-state index is 13.2. The molecule has 0 spiro atoms. The van der Waals surface area contributed by atoms with Crippen LogP contribution in [0, 0.1) is 5.92 Å². The molecule has 1 amide bonds. The number of anilines is 1. The number of rotatable bonds is 4. The van der Waals surface area contributed by atoms with Gasteiger partial charge in [0.25, 0.3) is 5.91 Å². The SMILES string of the molecule is CC1CCCN(S(=O)(=O)c2cc(C(=O)N3CCN(c4nccs4)CC3)ccc2Cl)C1. The Labute approximate surface area is 186 Å². The lowest BCUT2D eigenvalue weighted by atomic mass is 10.0. The van der Waals surface area contributed by atoms with Crippen LogP contribution in [-0.2, 0) is 10.0 Å². The third kappa shape index (κ3) is 4.34. The Hall–Kier alpha value is -1.68. The van der Waals surface area contributed by atoms with E-state index in [0.29, 0.717) is 50.7 Å². The highest BCUT2D eigenvalue weighted by atomic mass is 35.5. The number of carbonyl (C=O) groups excluding carboxylic acids is 1. The summed E-state index contributed by atoms with van der Waals surface area (Å²) >= 11 is 7.84. The Bertz CT molecular complexity index is 1010. The van der Waals surface area contributed by atoms with Crippen LogP contribution in [0.15, 0.2) is 34.7 Å². The summed E-state index contributed by atoms with van der Waals surface area (Å²) in [6.45, 7) is 5.54. The van der Waals surface area contributed by atoms with Gasteiger partial charge in [0.05, 0.1) is 5.02 Å². The topological polar surface area (TPSA) is 73.8 Å². The van der Waals surface area contributed by atoms with Crippen LogP contribution in [-0.4, -0.2) is 67.8 Å². The number of benzene rings is 1. The zero-order valence-electron chi connectivity index (χ0n) is 16.8. The minimum absolute atomic E-state index is 0.0190. The van der Waals surface area contributed by atoms with Gasteiger partial charge in [0.1, 0.15) is 4.90 Å². The molecule has 4 rings (SSSR count). The van der Waals surface area contributed by atoms with E-state index in [-0.39, 0.29) is 15.8 Å². The first-order chi connectivity index (χ1) is 14.4. The van der Waals surface area contributed by atoms with Crippen molar-refractivity contribution < 1.29 is 13.2 Å². The molecule has 3 heterocycles. The molecule has 1 unspecified atom stereocenters. The van der Waals surface area contributed by atoms with Crippen molar-refractivity contribution in [3.8, 4) is 0 Å².